The first-order chi connectivity index (χ1) is 12.0. The molecule has 0 N–H and O–H groups in total. The van der Waals surface area contributed by atoms with Gasteiger partial charge in [0.25, 0.3) is 0 Å². The molecule has 0 aliphatic heterocycles. The topological polar surface area (TPSA) is 65.2 Å². The molecule has 0 bridgehead atoms. The summed E-state index contributed by atoms with van der Waals surface area (Å²) < 4.78 is 10.9. The van der Waals surface area contributed by atoms with Gasteiger partial charge in [0.1, 0.15) is 18.1 Å². The normalized spacial score (nSPS) is 10.7. The Morgan fingerprint density at radius 1 is 1.08 bits per heavy atom. The van der Waals surface area contributed by atoms with Crippen molar-refractivity contribution in [1.29, 1.82) is 0 Å². The van der Waals surface area contributed by atoms with Gasteiger partial charge in [0.15, 0.2) is 5.78 Å². The minimum atomic E-state index is 0.0633. The van der Waals surface area contributed by atoms with Crippen LogP contribution in [0.3, 0.4) is 0 Å². The van der Waals surface area contributed by atoms with Gasteiger partial charge in [0, 0.05) is 23.9 Å². The number of carbonyl (C=O) groups is 1. The molecular formula is C20H20N2O3. The molecule has 0 atom stereocenters. The number of aromatic nitrogens is 2. The molecule has 0 radical (unpaired) electrons. The van der Waals surface area contributed by atoms with Crippen LogP contribution in [0.1, 0.15) is 38.6 Å². The Morgan fingerprint density at radius 2 is 1.84 bits per heavy atom. The Kier molecular flexibility index (Phi) is 4.93. The third-order valence-corrected chi connectivity index (χ3v) is 4.21. The van der Waals surface area contributed by atoms with Crippen LogP contribution < -0.4 is 4.74 Å². The van der Waals surface area contributed by atoms with Gasteiger partial charge in [-0.2, -0.15) is 0 Å². The standard InChI is InChI=1S/C20H20N2O3/c1-13-17(5-4-10-21-13)11-20(23)16-6-8-18(9-7-16)24-12-19-14(2)22-25-15(19)3/h4-10H,11-12H2,1-3H3. The SMILES string of the molecule is Cc1ncccc1CC(=O)c1ccc(OCc2c(C)noc2C)cc1. The molecule has 0 fully saturated rings. The Balaban J connectivity index is 1.64. The van der Waals surface area contributed by atoms with Crippen LogP contribution in [0, 0.1) is 20.8 Å². The monoisotopic (exact) mass is 336 g/mol. The molecule has 0 aliphatic rings. The van der Waals surface area contributed by atoms with E-state index in [4.69, 9.17) is 9.26 Å². The van der Waals surface area contributed by atoms with E-state index in [1.165, 1.54) is 0 Å². The molecule has 2 heterocycles. The number of hydrogen-bond donors (Lipinski definition) is 0. The van der Waals surface area contributed by atoms with E-state index in [9.17, 15) is 4.79 Å². The zero-order valence-electron chi connectivity index (χ0n) is 14.6. The second-order valence-electron chi connectivity index (χ2n) is 5.96. The number of carbonyl (C=O) groups excluding carboxylic acids is 1. The average Bonchev–Trinajstić information content (AvgIpc) is 2.93. The molecule has 0 saturated carbocycles. The van der Waals surface area contributed by atoms with E-state index in [1.807, 2.05) is 45.0 Å². The molecule has 25 heavy (non-hydrogen) atoms. The van der Waals surface area contributed by atoms with Crippen molar-refractivity contribution in [2.75, 3.05) is 0 Å². The number of benzene rings is 1. The molecule has 0 spiro atoms. The minimum absolute atomic E-state index is 0.0633. The van der Waals surface area contributed by atoms with Gasteiger partial charge in [-0.3, -0.25) is 9.78 Å². The fourth-order valence-corrected chi connectivity index (χ4v) is 2.58. The third-order valence-electron chi connectivity index (χ3n) is 4.21. The summed E-state index contributed by atoms with van der Waals surface area (Å²) in [6.07, 6.45) is 2.08. The smallest absolute Gasteiger partial charge is 0.167 e. The van der Waals surface area contributed by atoms with Crippen molar-refractivity contribution in [3.63, 3.8) is 0 Å². The molecule has 0 saturated heterocycles. The molecule has 2 aromatic heterocycles. The zero-order valence-corrected chi connectivity index (χ0v) is 14.6. The summed E-state index contributed by atoms with van der Waals surface area (Å²) in [7, 11) is 0. The third kappa shape index (κ3) is 3.94. The summed E-state index contributed by atoms with van der Waals surface area (Å²) in [5.41, 5.74) is 4.28. The molecule has 0 unspecified atom stereocenters. The van der Waals surface area contributed by atoms with Gasteiger partial charge < -0.3 is 9.26 Å². The number of aryl methyl sites for hydroxylation is 3. The fourth-order valence-electron chi connectivity index (χ4n) is 2.58. The van der Waals surface area contributed by atoms with Crippen LogP contribution in [0.15, 0.2) is 47.1 Å². The van der Waals surface area contributed by atoms with Crippen molar-refractivity contribution in [2.45, 2.75) is 33.8 Å². The molecule has 5 nitrogen and oxygen atoms in total. The van der Waals surface area contributed by atoms with Crippen molar-refractivity contribution >= 4 is 5.78 Å². The molecule has 5 heteroatoms. The molecule has 0 amide bonds. The lowest BCUT2D eigenvalue weighted by Gasteiger charge is -2.07. The van der Waals surface area contributed by atoms with E-state index >= 15 is 0 Å². The first kappa shape index (κ1) is 16.9. The largest absolute Gasteiger partial charge is 0.489 e. The van der Waals surface area contributed by atoms with Gasteiger partial charge >= 0.3 is 0 Å². The summed E-state index contributed by atoms with van der Waals surface area (Å²) in [6, 6.07) is 11.0. The highest BCUT2D eigenvalue weighted by Gasteiger charge is 2.11. The van der Waals surface area contributed by atoms with Gasteiger partial charge in [0.05, 0.1) is 11.3 Å². The predicted molar refractivity (Wildman–Crippen MR) is 93.8 cm³/mol. The van der Waals surface area contributed by atoms with Gasteiger partial charge in [-0.25, -0.2) is 0 Å². The maximum atomic E-state index is 12.4. The number of ketones is 1. The lowest BCUT2D eigenvalue weighted by molar-refractivity contribution is 0.0992. The zero-order chi connectivity index (χ0) is 17.8. The van der Waals surface area contributed by atoms with Gasteiger partial charge in [0.2, 0.25) is 0 Å². The molecule has 1 aromatic carbocycles. The first-order valence-electron chi connectivity index (χ1n) is 8.13. The van der Waals surface area contributed by atoms with Crippen molar-refractivity contribution in [3.05, 3.63) is 76.4 Å². The van der Waals surface area contributed by atoms with Crippen molar-refractivity contribution < 1.29 is 14.1 Å². The molecule has 3 aromatic rings. The van der Waals surface area contributed by atoms with Crippen LogP contribution in [0.25, 0.3) is 0 Å². The number of pyridine rings is 1. The predicted octanol–water partition coefficient (Wildman–Crippen LogP) is 4.00. The number of rotatable bonds is 6. The fraction of sp³-hybridized carbons (Fsp3) is 0.250. The van der Waals surface area contributed by atoms with E-state index in [1.54, 1.807) is 18.3 Å². The van der Waals surface area contributed by atoms with Crippen LogP contribution in [0.2, 0.25) is 0 Å². The van der Waals surface area contributed by atoms with Crippen molar-refractivity contribution in [3.8, 4) is 5.75 Å². The Hall–Kier alpha value is -2.95. The minimum Gasteiger partial charge on any atom is -0.489 e. The number of Topliss-reactive ketones (excluding diaryl/α,β-unsaturated/α-hetero) is 1. The number of nitrogens with zero attached hydrogens (tertiary/aromatic N) is 2. The molecular weight excluding hydrogens is 316 g/mol. The second-order valence-corrected chi connectivity index (χ2v) is 5.96. The average molecular weight is 336 g/mol. The van der Waals surface area contributed by atoms with E-state index in [-0.39, 0.29) is 5.78 Å². The van der Waals surface area contributed by atoms with Crippen LogP contribution in [-0.2, 0) is 13.0 Å². The summed E-state index contributed by atoms with van der Waals surface area (Å²) in [5, 5.41) is 3.91. The lowest BCUT2D eigenvalue weighted by atomic mass is 10.0. The Bertz CT molecular complexity index is 863. The highest BCUT2D eigenvalue weighted by atomic mass is 16.5. The van der Waals surface area contributed by atoms with Gasteiger partial charge in [-0.1, -0.05) is 11.2 Å². The number of hydrogen-bond acceptors (Lipinski definition) is 5. The van der Waals surface area contributed by atoms with E-state index in [0.717, 1.165) is 28.3 Å². The van der Waals surface area contributed by atoms with Crippen molar-refractivity contribution in [1.82, 2.24) is 10.1 Å². The van der Waals surface area contributed by atoms with E-state index < -0.39 is 0 Å². The second kappa shape index (κ2) is 7.30. The highest BCUT2D eigenvalue weighted by Crippen LogP contribution is 2.19. The van der Waals surface area contributed by atoms with Crippen LogP contribution >= 0.6 is 0 Å². The van der Waals surface area contributed by atoms with Crippen LogP contribution in [0.4, 0.5) is 0 Å². The molecule has 0 aliphatic carbocycles. The van der Waals surface area contributed by atoms with Crippen LogP contribution in [0.5, 0.6) is 5.75 Å². The first-order valence-corrected chi connectivity index (χ1v) is 8.13. The summed E-state index contributed by atoms with van der Waals surface area (Å²) >= 11 is 0. The Labute approximate surface area is 146 Å². The summed E-state index contributed by atoms with van der Waals surface area (Å²) in [5.74, 6) is 1.53. The maximum Gasteiger partial charge on any atom is 0.167 e. The van der Waals surface area contributed by atoms with E-state index in [0.29, 0.717) is 24.3 Å². The lowest BCUT2D eigenvalue weighted by Crippen LogP contribution is -2.05. The van der Waals surface area contributed by atoms with Gasteiger partial charge in [-0.15, -0.1) is 0 Å². The number of ether oxygens (including phenoxy) is 1. The van der Waals surface area contributed by atoms with Crippen LogP contribution in [-0.4, -0.2) is 15.9 Å². The Morgan fingerprint density at radius 3 is 2.48 bits per heavy atom. The quantitative estimate of drug-likeness (QED) is 0.637. The van der Waals surface area contributed by atoms with Gasteiger partial charge in [-0.05, 0) is 56.7 Å². The molecule has 128 valence electrons. The summed E-state index contributed by atoms with van der Waals surface area (Å²) in [6.45, 7) is 6.05. The van der Waals surface area contributed by atoms with E-state index in [2.05, 4.69) is 10.1 Å². The maximum absolute atomic E-state index is 12.4. The highest BCUT2D eigenvalue weighted by molar-refractivity contribution is 5.97. The summed E-state index contributed by atoms with van der Waals surface area (Å²) in [4.78, 5) is 16.6. The molecule has 3 rings (SSSR count). The van der Waals surface area contributed by atoms with Crippen molar-refractivity contribution in [2.24, 2.45) is 0 Å².